The van der Waals surface area contributed by atoms with E-state index < -0.39 is 10.0 Å². The van der Waals surface area contributed by atoms with Gasteiger partial charge in [0.25, 0.3) is 0 Å². The molecular formula is C9H19N5O3S. The van der Waals surface area contributed by atoms with Crippen molar-refractivity contribution >= 4 is 16.0 Å². The molecule has 8 nitrogen and oxygen atoms in total. The molecule has 1 aromatic heterocycles. The van der Waals surface area contributed by atoms with Crippen LogP contribution >= 0.6 is 0 Å². The van der Waals surface area contributed by atoms with Crippen LogP contribution in [0.15, 0.2) is 4.42 Å². The summed E-state index contributed by atoms with van der Waals surface area (Å²) in [7, 11) is -3.41. The lowest BCUT2D eigenvalue weighted by Gasteiger charge is -2.05. The molecule has 104 valence electrons. The number of aromatic nitrogens is 2. The first-order chi connectivity index (χ1) is 8.42. The van der Waals surface area contributed by atoms with Gasteiger partial charge in [0.05, 0.1) is 11.8 Å². The quantitative estimate of drug-likeness (QED) is 0.564. The maximum atomic E-state index is 10.7. The summed E-state index contributed by atoms with van der Waals surface area (Å²) in [5.74, 6) is 0.417. The number of primary sulfonamides is 1. The zero-order valence-electron chi connectivity index (χ0n) is 10.5. The Morgan fingerprint density at radius 2 is 2.17 bits per heavy atom. The molecule has 18 heavy (non-hydrogen) atoms. The summed E-state index contributed by atoms with van der Waals surface area (Å²) in [5, 5.41) is 18.5. The largest absolute Gasteiger partial charge is 0.406 e. The van der Waals surface area contributed by atoms with E-state index in [1.807, 2.05) is 13.8 Å². The maximum Gasteiger partial charge on any atom is 0.315 e. The van der Waals surface area contributed by atoms with Crippen LogP contribution in [0, 0.1) is 0 Å². The van der Waals surface area contributed by atoms with Crippen LogP contribution in [0.3, 0.4) is 0 Å². The van der Waals surface area contributed by atoms with Crippen LogP contribution < -0.4 is 15.8 Å². The summed E-state index contributed by atoms with van der Waals surface area (Å²) in [5.41, 5.74) is 0. The summed E-state index contributed by atoms with van der Waals surface area (Å²) in [6.07, 6.45) is 0.388. The van der Waals surface area contributed by atoms with Gasteiger partial charge in [-0.15, -0.1) is 5.10 Å². The number of nitrogens with one attached hydrogen (secondary N) is 2. The molecule has 0 aromatic carbocycles. The fraction of sp³-hybridized carbons (Fsp3) is 0.778. The van der Waals surface area contributed by atoms with Gasteiger partial charge in [-0.05, 0) is 19.9 Å². The molecule has 1 aromatic rings. The molecular weight excluding hydrogens is 258 g/mol. The molecule has 0 bridgehead atoms. The minimum absolute atomic E-state index is 0.0116. The number of rotatable bonds is 8. The number of hydrogen-bond donors (Lipinski definition) is 3. The second kappa shape index (κ2) is 6.66. The SMILES string of the molecule is CCNC(C)c1nnc(NCCCS(N)(=O)=O)o1. The van der Waals surface area contributed by atoms with E-state index in [2.05, 4.69) is 20.8 Å². The molecule has 0 radical (unpaired) electrons. The van der Waals surface area contributed by atoms with Crippen LogP contribution in [0.5, 0.6) is 0 Å². The number of sulfonamides is 1. The predicted molar refractivity (Wildman–Crippen MR) is 67.5 cm³/mol. The summed E-state index contributed by atoms with van der Waals surface area (Å²) in [4.78, 5) is 0. The Labute approximate surface area is 106 Å². The fourth-order valence-electron chi connectivity index (χ4n) is 1.34. The predicted octanol–water partition coefficient (Wildman–Crippen LogP) is -0.169. The van der Waals surface area contributed by atoms with Crippen LogP contribution in [-0.2, 0) is 10.0 Å². The normalized spacial score (nSPS) is 13.5. The van der Waals surface area contributed by atoms with Crippen LogP contribution in [0.25, 0.3) is 0 Å². The summed E-state index contributed by atoms with van der Waals surface area (Å²) in [6.45, 7) is 5.12. The van der Waals surface area contributed by atoms with Crippen molar-refractivity contribution in [1.29, 1.82) is 0 Å². The first-order valence-electron chi connectivity index (χ1n) is 5.73. The third-order valence-electron chi connectivity index (χ3n) is 2.20. The summed E-state index contributed by atoms with van der Waals surface area (Å²) < 4.78 is 26.8. The molecule has 0 aliphatic heterocycles. The zero-order valence-corrected chi connectivity index (χ0v) is 11.3. The van der Waals surface area contributed by atoms with Crippen molar-refractivity contribution in [3.63, 3.8) is 0 Å². The van der Waals surface area contributed by atoms with Crippen molar-refractivity contribution in [2.45, 2.75) is 26.3 Å². The molecule has 0 amide bonds. The lowest BCUT2D eigenvalue weighted by Crippen LogP contribution is -2.18. The van der Waals surface area contributed by atoms with E-state index in [4.69, 9.17) is 9.56 Å². The third-order valence-corrected chi connectivity index (χ3v) is 3.06. The van der Waals surface area contributed by atoms with Crippen molar-refractivity contribution < 1.29 is 12.8 Å². The Morgan fingerprint density at radius 1 is 1.44 bits per heavy atom. The lowest BCUT2D eigenvalue weighted by molar-refractivity contribution is 0.429. The second-order valence-corrected chi connectivity index (χ2v) is 5.61. The Morgan fingerprint density at radius 3 is 2.78 bits per heavy atom. The average molecular weight is 277 g/mol. The van der Waals surface area contributed by atoms with Gasteiger partial charge in [0.15, 0.2) is 0 Å². The van der Waals surface area contributed by atoms with Crippen molar-refractivity contribution in [1.82, 2.24) is 15.5 Å². The first-order valence-corrected chi connectivity index (χ1v) is 7.45. The zero-order chi connectivity index (χ0) is 13.6. The van der Waals surface area contributed by atoms with E-state index in [-0.39, 0.29) is 17.8 Å². The third kappa shape index (κ3) is 5.43. The summed E-state index contributed by atoms with van der Waals surface area (Å²) in [6, 6.07) is 0.270. The van der Waals surface area contributed by atoms with E-state index in [9.17, 15) is 8.42 Å². The van der Waals surface area contributed by atoms with E-state index in [0.29, 0.717) is 18.9 Å². The molecule has 9 heteroatoms. The Balaban J connectivity index is 2.35. The minimum atomic E-state index is -3.41. The summed E-state index contributed by atoms with van der Waals surface area (Å²) >= 11 is 0. The van der Waals surface area contributed by atoms with Gasteiger partial charge in [-0.1, -0.05) is 12.0 Å². The lowest BCUT2D eigenvalue weighted by atomic mass is 10.3. The van der Waals surface area contributed by atoms with Crippen molar-refractivity contribution in [2.75, 3.05) is 24.2 Å². The monoisotopic (exact) mass is 277 g/mol. The van der Waals surface area contributed by atoms with E-state index >= 15 is 0 Å². The van der Waals surface area contributed by atoms with Crippen LogP contribution in [-0.4, -0.2) is 37.5 Å². The first kappa shape index (κ1) is 14.9. The van der Waals surface area contributed by atoms with Gasteiger partial charge >= 0.3 is 6.01 Å². The van der Waals surface area contributed by atoms with Crippen molar-refractivity contribution in [3.8, 4) is 0 Å². The highest BCUT2D eigenvalue weighted by atomic mass is 32.2. The highest BCUT2D eigenvalue weighted by molar-refractivity contribution is 7.89. The van der Waals surface area contributed by atoms with E-state index in [0.717, 1.165) is 6.54 Å². The molecule has 0 saturated carbocycles. The standard InChI is InChI=1S/C9H19N5O3S/c1-3-11-7(2)8-13-14-9(17-8)12-5-4-6-18(10,15)16/h7,11H,3-6H2,1-2H3,(H,12,14)(H2,10,15,16). The van der Waals surface area contributed by atoms with Gasteiger partial charge in [0, 0.05) is 6.54 Å². The number of hydrogen-bond acceptors (Lipinski definition) is 7. The molecule has 0 aliphatic rings. The molecule has 0 fully saturated rings. The Hall–Kier alpha value is -1.19. The molecule has 0 saturated heterocycles. The Bertz CT molecular complexity index is 459. The molecule has 1 heterocycles. The molecule has 1 rings (SSSR count). The van der Waals surface area contributed by atoms with Gasteiger partial charge in [0.1, 0.15) is 0 Å². The van der Waals surface area contributed by atoms with E-state index in [1.165, 1.54) is 0 Å². The minimum Gasteiger partial charge on any atom is -0.406 e. The highest BCUT2D eigenvalue weighted by Gasteiger charge is 2.12. The number of anilines is 1. The van der Waals surface area contributed by atoms with Gasteiger partial charge in [-0.25, -0.2) is 13.6 Å². The van der Waals surface area contributed by atoms with Gasteiger partial charge in [-0.3, -0.25) is 0 Å². The van der Waals surface area contributed by atoms with Crippen LogP contribution in [0.2, 0.25) is 0 Å². The smallest absolute Gasteiger partial charge is 0.315 e. The van der Waals surface area contributed by atoms with Crippen LogP contribution in [0.4, 0.5) is 6.01 Å². The number of nitrogens with two attached hydrogens (primary N) is 1. The van der Waals surface area contributed by atoms with Crippen molar-refractivity contribution in [2.24, 2.45) is 5.14 Å². The van der Waals surface area contributed by atoms with Crippen molar-refractivity contribution in [3.05, 3.63) is 5.89 Å². The van der Waals surface area contributed by atoms with Gasteiger partial charge < -0.3 is 15.1 Å². The van der Waals surface area contributed by atoms with Gasteiger partial charge in [-0.2, -0.15) is 0 Å². The maximum absolute atomic E-state index is 10.7. The molecule has 1 unspecified atom stereocenters. The second-order valence-electron chi connectivity index (χ2n) is 3.87. The molecule has 1 atom stereocenters. The topological polar surface area (TPSA) is 123 Å². The average Bonchev–Trinajstić information content (AvgIpc) is 2.72. The highest BCUT2D eigenvalue weighted by Crippen LogP contribution is 2.13. The van der Waals surface area contributed by atoms with Crippen LogP contribution in [0.1, 0.15) is 32.2 Å². The fourth-order valence-corrected chi connectivity index (χ4v) is 1.89. The van der Waals surface area contributed by atoms with E-state index in [1.54, 1.807) is 0 Å². The molecule has 0 aliphatic carbocycles. The molecule has 4 N–H and O–H groups in total. The molecule has 0 spiro atoms. The van der Waals surface area contributed by atoms with Gasteiger partial charge in [0.2, 0.25) is 15.9 Å². The Kier molecular flexibility index (Phi) is 5.51. The number of nitrogens with zero attached hydrogens (tertiary/aromatic N) is 2.